The monoisotopic (exact) mass is 227 g/mol. The normalized spacial score (nSPS) is 10.1. The predicted octanol–water partition coefficient (Wildman–Crippen LogP) is 1.76. The number of carbonyl (C=O) groups excluding carboxylic acids is 1. The SMILES string of the molecule is [B]c1ccc(C(=O)c2ccccc2)nc1Cl. The Morgan fingerprint density at radius 2 is 1.81 bits per heavy atom. The minimum Gasteiger partial charge on any atom is -0.287 e. The molecule has 0 aliphatic heterocycles. The number of rotatable bonds is 2. The van der Waals surface area contributed by atoms with E-state index in [0.717, 1.165) is 0 Å². The number of aromatic nitrogens is 1. The maximum absolute atomic E-state index is 11.9. The van der Waals surface area contributed by atoms with E-state index in [-0.39, 0.29) is 10.9 Å². The largest absolute Gasteiger partial charge is 0.287 e. The average Bonchev–Trinajstić information content (AvgIpc) is 2.33. The van der Waals surface area contributed by atoms with Gasteiger partial charge in [0.05, 0.1) is 0 Å². The number of benzene rings is 1. The van der Waals surface area contributed by atoms with Crippen LogP contribution in [0.5, 0.6) is 0 Å². The Morgan fingerprint density at radius 1 is 1.12 bits per heavy atom. The first-order chi connectivity index (χ1) is 7.68. The zero-order valence-electron chi connectivity index (χ0n) is 8.35. The molecular formula is C12H7BClNO. The number of nitrogens with zero attached hydrogens (tertiary/aromatic N) is 1. The molecule has 1 heterocycles. The highest BCUT2D eigenvalue weighted by atomic mass is 35.5. The molecule has 0 amide bonds. The van der Waals surface area contributed by atoms with Gasteiger partial charge in [-0.1, -0.05) is 53.5 Å². The summed E-state index contributed by atoms with van der Waals surface area (Å²) in [5.41, 5.74) is 1.24. The topological polar surface area (TPSA) is 30.0 Å². The van der Waals surface area contributed by atoms with E-state index in [4.69, 9.17) is 19.4 Å². The second-order valence-corrected chi connectivity index (χ2v) is 3.63. The summed E-state index contributed by atoms with van der Waals surface area (Å²) in [6, 6.07) is 12.0. The highest BCUT2D eigenvalue weighted by Gasteiger charge is 2.10. The highest BCUT2D eigenvalue weighted by Crippen LogP contribution is 2.09. The average molecular weight is 227 g/mol. The smallest absolute Gasteiger partial charge is 0.211 e. The van der Waals surface area contributed by atoms with Crippen molar-refractivity contribution in [3.8, 4) is 0 Å². The molecule has 1 aromatic heterocycles. The van der Waals surface area contributed by atoms with Gasteiger partial charge in [0.15, 0.2) is 0 Å². The first-order valence-corrected chi connectivity index (χ1v) is 5.08. The van der Waals surface area contributed by atoms with E-state index in [0.29, 0.717) is 16.7 Å². The molecule has 0 saturated carbocycles. The Hall–Kier alpha value is -1.61. The molecule has 2 nitrogen and oxygen atoms in total. The molecule has 16 heavy (non-hydrogen) atoms. The molecule has 0 atom stereocenters. The molecule has 1 aromatic carbocycles. The van der Waals surface area contributed by atoms with Crippen molar-refractivity contribution in [2.45, 2.75) is 0 Å². The summed E-state index contributed by atoms with van der Waals surface area (Å²) in [5, 5.41) is 0.154. The number of ketones is 1. The summed E-state index contributed by atoms with van der Waals surface area (Å²) in [6.07, 6.45) is 0. The number of pyridine rings is 1. The number of carbonyl (C=O) groups is 1. The van der Waals surface area contributed by atoms with Crippen molar-refractivity contribution in [1.82, 2.24) is 4.98 Å². The van der Waals surface area contributed by atoms with Crippen LogP contribution in [0.15, 0.2) is 42.5 Å². The Morgan fingerprint density at radius 3 is 2.44 bits per heavy atom. The number of hydrogen-bond donors (Lipinski definition) is 0. The zero-order valence-corrected chi connectivity index (χ0v) is 9.11. The molecular weight excluding hydrogens is 220 g/mol. The van der Waals surface area contributed by atoms with Crippen molar-refractivity contribution in [3.05, 3.63) is 58.9 Å². The van der Waals surface area contributed by atoms with E-state index in [1.54, 1.807) is 36.4 Å². The van der Waals surface area contributed by atoms with Crippen molar-refractivity contribution in [2.75, 3.05) is 0 Å². The third-order valence-electron chi connectivity index (χ3n) is 2.15. The first kappa shape index (κ1) is 10.9. The molecule has 76 valence electrons. The molecule has 0 aliphatic rings. The molecule has 2 aromatic rings. The summed E-state index contributed by atoms with van der Waals surface area (Å²) < 4.78 is 0. The first-order valence-electron chi connectivity index (χ1n) is 4.70. The standard InChI is InChI=1S/C12H7BClNO/c13-9-6-7-10(15-12(9)14)11(16)8-4-2-1-3-5-8/h1-7H. The molecule has 0 spiro atoms. The molecule has 0 N–H and O–H groups in total. The van der Waals surface area contributed by atoms with Gasteiger partial charge in [-0.25, -0.2) is 4.98 Å². The fraction of sp³-hybridized carbons (Fsp3) is 0. The Kier molecular flexibility index (Phi) is 3.06. The predicted molar refractivity (Wildman–Crippen MR) is 64.5 cm³/mol. The lowest BCUT2D eigenvalue weighted by Gasteiger charge is -2.02. The van der Waals surface area contributed by atoms with Gasteiger partial charge in [-0.3, -0.25) is 4.79 Å². The van der Waals surface area contributed by atoms with Crippen LogP contribution in [0.2, 0.25) is 5.15 Å². The van der Waals surface area contributed by atoms with Gasteiger partial charge in [-0.05, 0) is 6.07 Å². The van der Waals surface area contributed by atoms with E-state index in [1.165, 1.54) is 0 Å². The molecule has 0 unspecified atom stereocenters. The Labute approximate surface area is 99.7 Å². The lowest BCUT2D eigenvalue weighted by atomic mass is 9.97. The van der Waals surface area contributed by atoms with Crippen LogP contribution in [-0.4, -0.2) is 18.6 Å². The summed E-state index contributed by atoms with van der Waals surface area (Å²) in [6.45, 7) is 0. The summed E-state index contributed by atoms with van der Waals surface area (Å²) in [4.78, 5) is 15.9. The van der Waals surface area contributed by atoms with Crippen molar-refractivity contribution < 1.29 is 4.79 Å². The van der Waals surface area contributed by atoms with Crippen molar-refractivity contribution in [2.24, 2.45) is 0 Å². The van der Waals surface area contributed by atoms with Gasteiger partial charge >= 0.3 is 0 Å². The lowest BCUT2D eigenvalue weighted by molar-refractivity contribution is 0.103. The van der Waals surface area contributed by atoms with Gasteiger partial charge in [-0.2, -0.15) is 0 Å². The third-order valence-corrected chi connectivity index (χ3v) is 2.45. The molecule has 0 bridgehead atoms. The van der Waals surface area contributed by atoms with E-state index in [9.17, 15) is 4.79 Å². The summed E-state index contributed by atoms with van der Waals surface area (Å²) in [7, 11) is 5.52. The van der Waals surface area contributed by atoms with Crippen LogP contribution >= 0.6 is 11.6 Å². The van der Waals surface area contributed by atoms with Gasteiger partial charge in [0.2, 0.25) is 5.78 Å². The van der Waals surface area contributed by atoms with Crippen LogP contribution in [0.25, 0.3) is 0 Å². The van der Waals surface area contributed by atoms with E-state index in [2.05, 4.69) is 4.98 Å². The van der Waals surface area contributed by atoms with Gasteiger partial charge in [0.1, 0.15) is 18.7 Å². The van der Waals surface area contributed by atoms with E-state index >= 15 is 0 Å². The molecule has 2 rings (SSSR count). The molecule has 0 fully saturated rings. The van der Waals surface area contributed by atoms with E-state index in [1.807, 2.05) is 6.07 Å². The minimum absolute atomic E-state index is 0.154. The molecule has 4 heteroatoms. The molecule has 0 aliphatic carbocycles. The van der Waals surface area contributed by atoms with Crippen LogP contribution in [0, 0.1) is 0 Å². The van der Waals surface area contributed by atoms with Gasteiger partial charge < -0.3 is 0 Å². The maximum atomic E-state index is 11.9. The minimum atomic E-state index is -0.164. The van der Waals surface area contributed by atoms with Crippen molar-refractivity contribution in [3.63, 3.8) is 0 Å². The van der Waals surface area contributed by atoms with Gasteiger partial charge in [0, 0.05) is 5.56 Å². The fourth-order valence-corrected chi connectivity index (χ4v) is 1.46. The number of halogens is 1. The number of hydrogen-bond acceptors (Lipinski definition) is 2. The second kappa shape index (κ2) is 4.50. The summed E-state index contributed by atoms with van der Waals surface area (Å²) >= 11 is 5.76. The van der Waals surface area contributed by atoms with Crippen LogP contribution in [-0.2, 0) is 0 Å². The van der Waals surface area contributed by atoms with Gasteiger partial charge in [0.25, 0.3) is 0 Å². The van der Waals surface area contributed by atoms with Crippen LogP contribution in [0.3, 0.4) is 0 Å². The van der Waals surface area contributed by atoms with E-state index < -0.39 is 0 Å². The third kappa shape index (κ3) is 2.14. The van der Waals surface area contributed by atoms with Crippen molar-refractivity contribution in [1.29, 1.82) is 0 Å². The van der Waals surface area contributed by atoms with Crippen molar-refractivity contribution >= 4 is 30.7 Å². The fourth-order valence-electron chi connectivity index (χ4n) is 1.31. The summed E-state index contributed by atoms with van der Waals surface area (Å²) in [5.74, 6) is -0.164. The van der Waals surface area contributed by atoms with Crippen LogP contribution in [0.4, 0.5) is 0 Å². The van der Waals surface area contributed by atoms with Crippen LogP contribution in [0.1, 0.15) is 16.1 Å². The molecule has 0 saturated heterocycles. The second-order valence-electron chi connectivity index (χ2n) is 3.27. The lowest BCUT2D eigenvalue weighted by Crippen LogP contribution is -2.11. The quantitative estimate of drug-likeness (QED) is 0.444. The highest BCUT2D eigenvalue weighted by molar-refractivity contribution is 6.44. The maximum Gasteiger partial charge on any atom is 0.211 e. The Bertz CT molecular complexity index is 528. The van der Waals surface area contributed by atoms with Gasteiger partial charge in [-0.15, -0.1) is 0 Å². The Balaban J connectivity index is 2.39. The van der Waals surface area contributed by atoms with Crippen LogP contribution < -0.4 is 5.46 Å². The zero-order chi connectivity index (χ0) is 11.5. The molecule has 2 radical (unpaired) electrons.